The third kappa shape index (κ3) is 3.26. The summed E-state index contributed by atoms with van der Waals surface area (Å²) in [6.07, 6.45) is 2.65. The SMILES string of the molecule is CC(C)Sc1ccc(C2CCCNC2)cc1. The second-order valence-corrected chi connectivity index (χ2v) is 6.43. The highest BCUT2D eigenvalue weighted by molar-refractivity contribution is 7.99. The van der Waals surface area contributed by atoms with E-state index >= 15 is 0 Å². The Morgan fingerprint density at radius 2 is 2.00 bits per heavy atom. The van der Waals surface area contributed by atoms with Crippen molar-refractivity contribution in [2.45, 2.75) is 42.8 Å². The molecule has 1 atom stereocenters. The maximum atomic E-state index is 3.47. The highest BCUT2D eigenvalue weighted by Crippen LogP contribution is 2.27. The summed E-state index contributed by atoms with van der Waals surface area (Å²) in [7, 11) is 0. The molecule has 0 amide bonds. The molecule has 1 N–H and O–H groups in total. The molecule has 1 aromatic carbocycles. The van der Waals surface area contributed by atoms with Crippen LogP contribution in [0.15, 0.2) is 29.2 Å². The number of piperidine rings is 1. The summed E-state index contributed by atoms with van der Waals surface area (Å²) in [5, 5.41) is 4.14. The third-order valence-corrected chi connectivity index (χ3v) is 4.04. The van der Waals surface area contributed by atoms with Crippen molar-refractivity contribution >= 4 is 11.8 Å². The smallest absolute Gasteiger partial charge is 0.00747 e. The van der Waals surface area contributed by atoms with Crippen LogP contribution in [0.25, 0.3) is 0 Å². The van der Waals surface area contributed by atoms with Gasteiger partial charge in [0.1, 0.15) is 0 Å². The molecule has 1 aromatic rings. The first kappa shape index (κ1) is 12.0. The third-order valence-electron chi connectivity index (χ3n) is 3.02. The number of hydrogen-bond acceptors (Lipinski definition) is 2. The minimum atomic E-state index is 0.669. The number of thioether (sulfide) groups is 1. The normalized spacial score (nSPS) is 21.3. The molecule has 2 heteroatoms. The van der Waals surface area contributed by atoms with Gasteiger partial charge in [-0.1, -0.05) is 26.0 Å². The fourth-order valence-corrected chi connectivity index (χ4v) is 3.06. The quantitative estimate of drug-likeness (QED) is 0.803. The van der Waals surface area contributed by atoms with E-state index in [4.69, 9.17) is 0 Å². The Bertz CT molecular complexity index is 312. The van der Waals surface area contributed by atoms with Crippen LogP contribution in [0.2, 0.25) is 0 Å². The van der Waals surface area contributed by atoms with Gasteiger partial charge in [-0.25, -0.2) is 0 Å². The molecular weight excluding hydrogens is 214 g/mol. The molecule has 0 radical (unpaired) electrons. The Kier molecular flexibility index (Phi) is 4.30. The lowest BCUT2D eigenvalue weighted by Gasteiger charge is -2.23. The van der Waals surface area contributed by atoms with Crippen LogP contribution in [0.1, 0.15) is 38.2 Å². The van der Waals surface area contributed by atoms with Crippen molar-refractivity contribution in [2.75, 3.05) is 13.1 Å². The summed E-state index contributed by atoms with van der Waals surface area (Å²) in [4.78, 5) is 1.39. The molecule has 0 bridgehead atoms. The van der Waals surface area contributed by atoms with Crippen molar-refractivity contribution in [2.24, 2.45) is 0 Å². The van der Waals surface area contributed by atoms with Gasteiger partial charge < -0.3 is 5.32 Å². The van der Waals surface area contributed by atoms with Crippen LogP contribution >= 0.6 is 11.8 Å². The van der Waals surface area contributed by atoms with Gasteiger partial charge in [0.05, 0.1) is 0 Å². The molecule has 0 spiro atoms. The minimum Gasteiger partial charge on any atom is -0.316 e. The van der Waals surface area contributed by atoms with E-state index in [1.54, 1.807) is 0 Å². The predicted octanol–water partition coefficient (Wildman–Crippen LogP) is 3.65. The molecule has 0 saturated carbocycles. The molecule has 1 unspecified atom stereocenters. The summed E-state index contributed by atoms with van der Waals surface area (Å²) < 4.78 is 0. The molecule has 1 heterocycles. The van der Waals surface area contributed by atoms with Crippen LogP contribution in [0.3, 0.4) is 0 Å². The monoisotopic (exact) mass is 235 g/mol. The van der Waals surface area contributed by atoms with Crippen LogP contribution in [-0.4, -0.2) is 18.3 Å². The van der Waals surface area contributed by atoms with E-state index in [2.05, 4.69) is 43.4 Å². The molecule has 0 aliphatic carbocycles. The van der Waals surface area contributed by atoms with Crippen LogP contribution in [0.4, 0.5) is 0 Å². The van der Waals surface area contributed by atoms with Crippen LogP contribution in [-0.2, 0) is 0 Å². The lowest BCUT2D eigenvalue weighted by Crippen LogP contribution is -2.28. The second kappa shape index (κ2) is 5.74. The van der Waals surface area contributed by atoms with E-state index in [1.807, 2.05) is 11.8 Å². The Balaban J connectivity index is 2.00. The van der Waals surface area contributed by atoms with Crippen molar-refractivity contribution < 1.29 is 0 Å². The van der Waals surface area contributed by atoms with Gasteiger partial charge in [0.25, 0.3) is 0 Å². The van der Waals surface area contributed by atoms with Crippen LogP contribution in [0, 0.1) is 0 Å². The lowest BCUT2D eigenvalue weighted by atomic mass is 9.92. The summed E-state index contributed by atoms with van der Waals surface area (Å²) >= 11 is 1.94. The van der Waals surface area contributed by atoms with E-state index in [1.165, 1.54) is 29.8 Å². The van der Waals surface area contributed by atoms with Gasteiger partial charge in [0, 0.05) is 16.7 Å². The van der Waals surface area contributed by atoms with Crippen molar-refractivity contribution in [1.82, 2.24) is 5.32 Å². The molecule has 1 saturated heterocycles. The first-order chi connectivity index (χ1) is 7.75. The summed E-state index contributed by atoms with van der Waals surface area (Å²) in [6, 6.07) is 9.16. The Hall–Kier alpha value is -0.470. The molecule has 2 rings (SSSR count). The predicted molar refractivity (Wildman–Crippen MR) is 72.3 cm³/mol. The van der Waals surface area contributed by atoms with Gasteiger partial charge in [0.2, 0.25) is 0 Å². The molecule has 1 aliphatic rings. The Morgan fingerprint density at radius 3 is 2.56 bits per heavy atom. The van der Waals surface area contributed by atoms with Gasteiger partial charge in [0.15, 0.2) is 0 Å². The van der Waals surface area contributed by atoms with E-state index in [0.29, 0.717) is 5.25 Å². The Labute approximate surface area is 103 Å². The molecule has 88 valence electrons. The zero-order chi connectivity index (χ0) is 11.4. The molecule has 1 nitrogen and oxygen atoms in total. The van der Waals surface area contributed by atoms with Crippen molar-refractivity contribution in [3.63, 3.8) is 0 Å². The van der Waals surface area contributed by atoms with Gasteiger partial charge in [-0.05, 0) is 43.0 Å². The second-order valence-electron chi connectivity index (χ2n) is 4.78. The molecule has 0 aromatic heterocycles. The van der Waals surface area contributed by atoms with E-state index < -0.39 is 0 Å². The molecule has 1 fully saturated rings. The number of hydrogen-bond donors (Lipinski definition) is 1. The summed E-state index contributed by atoms with van der Waals surface area (Å²) in [5.74, 6) is 0.729. The van der Waals surface area contributed by atoms with Crippen molar-refractivity contribution in [3.05, 3.63) is 29.8 Å². The standard InChI is InChI=1S/C14H21NS/c1-11(2)16-14-7-5-12(6-8-14)13-4-3-9-15-10-13/h5-8,11,13,15H,3-4,9-10H2,1-2H3. The summed E-state index contributed by atoms with van der Waals surface area (Å²) in [5.41, 5.74) is 1.50. The highest BCUT2D eigenvalue weighted by Gasteiger charge is 2.14. The fraction of sp³-hybridized carbons (Fsp3) is 0.571. The first-order valence-electron chi connectivity index (χ1n) is 6.23. The average Bonchev–Trinajstić information content (AvgIpc) is 2.30. The number of benzene rings is 1. The average molecular weight is 235 g/mol. The fourth-order valence-electron chi connectivity index (χ4n) is 2.23. The van der Waals surface area contributed by atoms with Crippen LogP contribution in [0.5, 0.6) is 0 Å². The number of nitrogens with one attached hydrogen (secondary N) is 1. The highest BCUT2D eigenvalue weighted by atomic mass is 32.2. The summed E-state index contributed by atoms with van der Waals surface area (Å²) in [6.45, 7) is 6.82. The molecular formula is C14H21NS. The largest absolute Gasteiger partial charge is 0.316 e. The Morgan fingerprint density at radius 1 is 1.25 bits per heavy atom. The maximum Gasteiger partial charge on any atom is 0.00747 e. The van der Waals surface area contributed by atoms with E-state index in [9.17, 15) is 0 Å². The maximum absolute atomic E-state index is 3.47. The zero-order valence-electron chi connectivity index (χ0n) is 10.2. The van der Waals surface area contributed by atoms with Gasteiger partial charge in [-0.15, -0.1) is 11.8 Å². The van der Waals surface area contributed by atoms with E-state index in [0.717, 1.165) is 12.5 Å². The minimum absolute atomic E-state index is 0.669. The zero-order valence-corrected chi connectivity index (χ0v) is 11.0. The van der Waals surface area contributed by atoms with Gasteiger partial charge in [-0.3, -0.25) is 0 Å². The van der Waals surface area contributed by atoms with E-state index in [-0.39, 0.29) is 0 Å². The van der Waals surface area contributed by atoms with Crippen molar-refractivity contribution in [1.29, 1.82) is 0 Å². The number of rotatable bonds is 3. The van der Waals surface area contributed by atoms with Crippen LogP contribution < -0.4 is 5.32 Å². The topological polar surface area (TPSA) is 12.0 Å². The van der Waals surface area contributed by atoms with Gasteiger partial charge >= 0.3 is 0 Å². The lowest BCUT2D eigenvalue weighted by molar-refractivity contribution is 0.461. The van der Waals surface area contributed by atoms with Crippen molar-refractivity contribution in [3.8, 4) is 0 Å². The molecule has 16 heavy (non-hydrogen) atoms. The van der Waals surface area contributed by atoms with Gasteiger partial charge in [-0.2, -0.15) is 0 Å². The first-order valence-corrected chi connectivity index (χ1v) is 7.11. The molecule has 1 aliphatic heterocycles.